The van der Waals surface area contributed by atoms with E-state index >= 15 is 0 Å². The van der Waals surface area contributed by atoms with Crippen LogP contribution >= 0.6 is 11.8 Å². The third-order valence-corrected chi connectivity index (χ3v) is 3.69. The lowest BCUT2D eigenvalue weighted by Crippen LogP contribution is -1.98. The first-order chi connectivity index (χ1) is 9.20. The van der Waals surface area contributed by atoms with Crippen molar-refractivity contribution in [3.63, 3.8) is 0 Å². The van der Waals surface area contributed by atoms with Crippen LogP contribution < -0.4 is 0 Å². The van der Waals surface area contributed by atoms with Crippen LogP contribution in [-0.2, 0) is 6.54 Å². The minimum atomic E-state index is 0.0966. The van der Waals surface area contributed by atoms with E-state index in [1.165, 1.54) is 0 Å². The Morgan fingerprint density at radius 3 is 2.63 bits per heavy atom. The number of carbonyl (C=O) groups is 1. The smallest absolute Gasteiger partial charge is 0.159 e. The Bertz CT molecular complexity index is 546. The quantitative estimate of drug-likeness (QED) is 0.597. The van der Waals surface area contributed by atoms with Gasteiger partial charge in [0.1, 0.15) is 0 Å². The monoisotopic (exact) mass is 274 g/mol. The van der Waals surface area contributed by atoms with Crippen LogP contribution in [0.15, 0.2) is 36.7 Å². The number of benzene rings is 1. The van der Waals surface area contributed by atoms with Gasteiger partial charge in [-0.05, 0) is 30.9 Å². The molecule has 2 rings (SSSR count). The largest absolute Gasteiger partial charge is 0.295 e. The molecule has 100 valence electrons. The summed E-state index contributed by atoms with van der Waals surface area (Å²) in [6.07, 6.45) is 7.18. The summed E-state index contributed by atoms with van der Waals surface area (Å²) in [5.41, 5.74) is 2.94. The molecule has 0 aliphatic heterocycles. The number of ketones is 1. The van der Waals surface area contributed by atoms with Crippen LogP contribution in [0, 0.1) is 0 Å². The fourth-order valence-corrected chi connectivity index (χ4v) is 2.32. The lowest BCUT2D eigenvalue weighted by Gasteiger charge is -2.00. The van der Waals surface area contributed by atoms with E-state index in [2.05, 4.69) is 17.6 Å². The summed E-state index contributed by atoms with van der Waals surface area (Å²) < 4.78 is 1.98. The van der Waals surface area contributed by atoms with Gasteiger partial charge in [0.25, 0.3) is 0 Å². The van der Waals surface area contributed by atoms with Gasteiger partial charge in [-0.3, -0.25) is 9.48 Å². The van der Waals surface area contributed by atoms with E-state index in [1.807, 2.05) is 46.9 Å². The molecule has 0 atom stereocenters. The second kappa shape index (κ2) is 6.57. The highest BCUT2D eigenvalue weighted by Crippen LogP contribution is 2.19. The second-order valence-electron chi connectivity index (χ2n) is 4.47. The summed E-state index contributed by atoms with van der Waals surface area (Å²) in [5, 5.41) is 4.36. The van der Waals surface area contributed by atoms with Crippen molar-refractivity contribution < 1.29 is 4.79 Å². The maximum Gasteiger partial charge on any atom is 0.159 e. The van der Waals surface area contributed by atoms with Crippen LogP contribution in [0.25, 0.3) is 11.1 Å². The molecule has 2 aromatic rings. The fraction of sp³-hybridized carbons (Fsp3) is 0.333. The van der Waals surface area contributed by atoms with Gasteiger partial charge < -0.3 is 0 Å². The molecule has 0 N–H and O–H groups in total. The SMILES string of the molecule is CSCCCn1cc(-c2ccc(C(C)=O)cc2)cn1. The first-order valence-corrected chi connectivity index (χ1v) is 7.73. The lowest BCUT2D eigenvalue weighted by molar-refractivity contribution is 0.101. The van der Waals surface area contributed by atoms with Crippen LogP contribution in [0.2, 0.25) is 0 Å². The third-order valence-electron chi connectivity index (χ3n) is 2.99. The second-order valence-corrected chi connectivity index (χ2v) is 5.46. The zero-order chi connectivity index (χ0) is 13.7. The van der Waals surface area contributed by atoms with Crippen LogP contribution in [-0.4, -0.2) is 27.6 Å². The highest BCUT2D eigenvalue weighted by Gasteiger charge is 2.03. The topological polar surface area (TPSA) is 34.9 Å². The van der Waals surface area contributed by atoms with Crippen molar-refractivity contribution in [2.24, 2.45) is 0 Å². The molecule has 0 spiro atoms. The van der Waals surface area contributed by atoms with Crippen LogP contribution in [0.4, 0.5) is 0 Å². The average molecular weight is 274 g/mol. The molecule has 0 radical (unpaired) electrons. The van der Waals surface area contributed by atoms with Crippen molar-refractivity contribution in [2.75, 3.05) is 12.0 Å². The van der Waals surface area contributed by atoms with Gasteiger partial charge in [0.15, 0.2) is 5.78 Å². The van der Waals surface area contributed by atoms with Gasteiger partial charge in [-0.1, -0.05) is 24.3 Å². The molecule has 1 aromatic carbocycles. The summed E-state index contributed by atoms with van der Waals surface area (Å²) in [6.45, 7) is 2.53. The van der Waals surface area contributed by atoms with Gasteiger partial charge in [0.2, 0.25) is 0 Å². The van der Waals surface area contributed by atoms with Gasteiger partial charge in [-0.25, -0.2) is 0 Å². The normalized spacial score (nSPS) is 10.6. The number of aromatic nitrogens is 2. The van der Waals surface area contributed by atoms with E-state index in [1.54, 1.807) is 6.92 Å². The number of Topliss-reactive ketones (excluding diaryl/α,β-unsaturated/α-hetero) is 1. The highest BCUT2D eigenvalue weighted by atomic mass is 32.2. The molecule has 0 amide bonds. The maximum atomic E-state index is 11.2. The van der Waals surface area contributed by atoms with E-state index < -0.39 is 0 Å². The molecule has 0 saturated carbocycles. The Labute approximate surface area is 118 Å². The number of hydrogen-bond donors (Lipinski definition) is 0. The molecule has 1 aromatic heterocycles. The summed E-state index contributed by atoms with van der Waals surface area (Å²) in [7, 11) is 0. The number of thioether (sulfide) groups is 1. The first kappa shape index (κ1) is 13.9. The Kier molecular flexibility index (Phi) is 4.80. The van der Waals surface area contributed by atoms with Crippen molar-refractivity contribution >= 4 is 17.5 Å². The van der Waals surface area contributed by atoms with Crippen molar-refractivity contribution in [1.29, 1.82) is 0 Å². The molecule has 3 nitrogen and oxygen atoms in total. The molecule has 0 fully saturated rings. The Morgan fingerprint density at radius 1 is 1.26 bits per heavy atom. The zero-order valence-corrected chi connectivity index (χ0v) is 12.1. The predicted octanol–water partition coefficient (Wildman–Crippen LogP) is 3.51. The Balaban J connectivity index is 2.07. The van der Waals surface area contributed by atoms with Gasteiger partial charge in [-0.15, -0.1) is 0 Å². The van der Waals surface area contributed by atoms with E-state index in [4.69, 9.17) is 0 Å². The number of rotatable bonds is 6. The van der Waals surface area contributed by atoms with E-state index in [-0.39, 0.29) is 5.78 Å². The molecular weight excluding hydrogens is 256 g/mol. The van der Waals surface area contributed by atoms with Gasteiger partial charge in [-0.2, -0.15) is 16.9 Å². The zero-order valence-electron chi connectivity index (χ0n) is 11.3. The number of carbonyl (C=O) groups excluding carboxylic acids is 1. The van der Waals surface area contributed by atoms with E-state index in [0.29, 0.717) is 0 Å². The maximum absolute atomic E-state index is 11.2. The van der Waals surface area contributed by atoms with Crippen molar-refractivity contribution in [3.8, 4) is 11.1 Å². The van der Waals surface area contributed by atoms with Crippen molar-refractivity contribution in [3.05, 3.63) is 42.2 Å². The minimum Gasteiger partial charge on any atom is -0.295 e. The summed E-state index contributed by atoms with van der Waals surface area (Å²) in [6, 6.07) is 7.67. The van der Waals surface area contributed by atoms with Crippen LogP contribution in [0.3, 0.4) is 0 Å². The Hall–Kier alpha value is -1.55. The fourth-order valence-electron chi connectivity index (χ4n) is 1.90. The number of aryl methyl sites for hydroxylation is 1. The predicted molar refractivity (Wildman–Crippen MR) is 80.7 cm³/mol. The number of hydrogen-bond acceptors (Lipinski definition) is 3. The number of nitrogens with zero attached hydrogens (tertiary/aromatic N) is 2. The molecule has 0 unspecified atom stereocenters. The molecule has 0 aliphatic rings. The highest BCUT2D eigenvalue weighted by molar-refractivity contribution is 7.98. The molecule has 0 saturated heterocycles. The van der Waals surface area contributed by atoms with Crippen molar-refractivity contribution in [2.45, 2.75) is 19.9 Å². The summed E-state index contributed by atoms with van der Waals surface area (Å²) in [5.74, 6) is 1.25. The lowest BCUT2D eigenvalue weighted by atomic mass is 10.1. The van der Waals surface area contributed by atoms with Crippen molar-refractivity contribution in [1.82, 2.24) is 9.78 Å². The molecule has 0 bridgehead atoms. The van der Waals surface area contributed by atoms with E-state index in [0.717, 1.165) is 35.4 Å². The van der Waals surface area contributed by atoms with Gasteiger partial charge >= 0.3 is 0 Å². The van der Waals surface area contributed by atoms with Crippen LogP contribution in [0.5, 0.6) is 0 Å². The average Bonchev–Trinajstić information content (AvgIpc) is 2.88. The van der Waals surface area contributed by atoms with Gasteiger partial charge in [0.05, 0.1) is 6.20 Å². The van der Waals surface area contributed by atoms with Crippen LogP contribution in [0.1, 0.15) is 23.7 Å². The summed E-state index contributed by atoms with van der Waals surface area (Å²) in [4.78, 5) is 11.2. The minimum absolute atomic E-state index is 0.0966. The first-order valence-electron chi connectivity index (χ1n) is 6.33. The third kappa shape index (κ3) is 3.70. The molecular formula is C15H18N2OS. The van der Waals surface area contributed by atoms with Gasteiger partial charge in [0, 0.05) is 23.9 Å². The standard InChI is InChI=1S/C15H18N2OS/c1-12(18)13-4-6-14(7-5-13)15-10-16-17(11-15)8-3-9-19-2/h4-7,10-11H,3,8-9H2,1-2H3. The van der Waals surface area contributed by atoms with E-state index in [9.17, 15) is 4.79 Å². The molecule has 0 aliphatic carbocycles. The summed E-state index contributed by atoms with van der Waals surface area (Å²) >= 11 is 1.86. The molecule has 19 heavy (non-hydrogen) atoms. The molecule has 4 heteroatoms. The molecule has 1 heterocycles. The Morgan fingerprint density at radius 2 is 2.00 bits per heavy atom.